The van der Waals surface area contributed by atoms with Crippen LogP contribution in [0.1, 0.15) is 130 Å². The maximum Gasteiger partial charge on any atom is 0.410 e. The molecule has 0 aliphatic rings. The van der Waals surface area contributed by atoms with Crippen LogP contribution >= 0.6 is 0 Å². The molecule has 0 aliphatic heterocycles. The maximum atomic E-state index is 11.9. The van der Waals surface area contributed by atoms with Crippen LogP contribution in [0.25, 0.3) is 0 Å². The number of carbonyl (C=O) groups excluding carboxylic acids is 2. The summed E-state index contributed by atoms with van der Waals surface area (Å²) >= 11 is 0. The molecule has 0 saturated carbocycles. The van der Waals surface area contributed by atoms with Crippen molar-refractivity contribution >= 4 is 12.1 Å². The van der Waals surface area contributed by atoms with E-state index in [1.807, 2.05) is 20.8 Å². The predicted molar refractivity (Wildman–Crippen MR) is 173 cm³/mol. The fraction of sp³-hybridized carbons (Fsp3) is 0.941. The van der Waals surface area contributed by atoms with Crippen LogP contribution in [-0.2, 0) is 33.2 Å². The predicted octanol–water partition coefficient (Wildman–Crippen LogP) is 7.72. The molecule has 0 heterocycles. The number of unbranched alkanes of at least 4 members (excludes halogenated alkanes) is 14. The van der Waals surface area contributed by atoms with Gasteiger partial charge in [-0.15, -0.1) is 0 Å². The van der Waals surface area contributed by atoms with E-state index in [4.69, 9.17) is 28.4 Å². The smallest absolute Gasteiger partial charge is 0.410 e. The molecule has 0 saturated heterocycles. The molecule has 9 nitrogen and oxygen atoms in total. The molecule has 0 aliphatic carbocycles. The molecule has 0 spiro atoms. The lowest BCUT2D eigenvalue weighted by atomic mass is 10.0. The van der Waals surface area contributed by atoms with Gasteiger partial charge in [0.25, 0.3) is 0 Å². The van der Waals surface area contributed by atoms with E-state index in [9.17, 15) is 9.59 Å². The van der Waals surface area contributed by atoms with Gasteiger partial charge in [-0.1, -0.05) is 96.8 Å². The highest BCUT2D eigenvalue weighted by molar-refractivity contribution is 5.69. The molecule has 0 bridgehead atoms. The zero-order chi connectivity index (χ0) is 31.9. The van der Waals surface area contributed by atoms with E-state index in [2.05, 4.69) is 6.92 Å². The van der Waals surface area contributed by atoms with E-state index >= 15 is 0 Å². The Hall–Kier alpha value is -1.42. The normalized spacial score (nSPS) is 11.6. The number of carbonyl (C=O) groups is 2. The minimum absolute atomic E-state index is 0.134. The second-order valence-corrected chi connectivity index (χ2v) is 12.3. The van der Waals surface area contributed by atoms with Crippen molar-refractivity contribution in [2.45, 2.75) is 136 Å². The first-order valence-electron chi connectivity index (χ1n) is 17.2. The molecular weight excluding hydrogens is 550 g/mol. The molecule has 0 unspecified atom stereocenters. The SMILES string of the molecule is CCCCCCCCCCCCCCCCCC(=O)OCCOCCOCCOCCOCCN(C)C(=O)OC(C)(C)C. The first-order valence-corrected chi connectivity index (χ1v) is 17.2. The van der Waals surface area contributed by atoms with E-state index in [1.54, 1.807) is 7.05 Å². The first-order chi connectivity index (χ1) is 20.8. The second-order valence-electron chi connectivity index (χ2n) is 12.3. The summed E-state index contributed by atoms with van der Waals surface area (Å²) in [6.45, 7) is 12.1. The fourth-order valence-electron chi connectivity index (χ4n) is 4.32. The average molecular weight is 618 g/mol. The summed E-state index contributed by atoms with van der Waals surface area (Å²) in [6.07, 6.45) is 19.9. The van der Waals surface area contributed by atoms with E-state index in [0.29, 0.717) is 65.8 Å². The third kappa shape index (κ3) is 33.3. The van der Waals surface area contributed by atoms with Crippen LogP contribution < -0.4 is 0 Å². The summed E-state index contributed by atoms with van der Waals surface area (Å²) in [5.74, 6) is -0.134. The molecule has 0 aromatic carbocycles. The molecule has 0 fully saturated rings. The largest absolute Gasteiger partial charge is 0.463 e. The molecule has 0 aromatic heterocycles. The summed E-state index contributed by atoms with van der Waals surface area (Å²) in [6, 6.07) is 0. The Kier molecular flexibility index (Phi) is 29.6. The number of esters is 1. The number of nitrogens with zero attached hydrogens (tertiary/aromatic N) is 1. The van der Waals surface area contributed by atoms with Gasteiger partial charge in [-0.3, -0.25) is 4.79 Å². The monoisotopic (exact) mass is 617 g/mol. The van der Waals surface area contributed by atoms with Crippen molar-refractivity contribution in [3.05, 3.63) is 0 Å². The van der Waals surface area contributed by atoms with Crippen molar-refractivity contribution in [2.24, 2.45) is 0 Å². The number of amides is 1. The van der Waals surface area contributed by atoms with Gasteiger partial charge < -0.3 is 33.3 Å². The summed E-state index contributed by atoms with van der Waals surface area (Å²) in [4.78, 5) is 25.2. The lowest BCUT2D eigenvalue weighted by Crippen LogP contribution is -2.36. The summed E-state index contributed by atoms with van der Waals surface area (Å²) in [5, 5.41) is 0. The van der Waals surface area contributed by atoms with Gasteiger partial charge in [-0.2, -0.15) is 0 Å². The Labute approximate surface area is 264 Å². The van der Waals surface area contributed by atoms with E-state index in [-0.39, 0.29) is 18.7 Å². The average Bonchev–Trinajstić information content (AvgIpc) is 2.96. The molecule has 1 amide bonds. The Morgan fingerprint density at radius 3 is 1.33 bits per heavy atom. The van der Waals surface area contributed by atoms with Crippen LogP contribution in [0, 0.1) is 0 Å². The third-order valence-corrected chi connectivity index (χ3v) is 6.87. The van der Waals surface area contributed by atoms with Crippen molar-refractivity contribution in [2.75, 3.05) is 73.1 Å². The van der Waals surface area contributed by atoms with Gasteiger partial charge in [0.15, 0.2) is 0 Å². The van der Waals surface area contributed by atoms with E-state index in [1.165, 1.54) is 88.4 Å². The lowest BCUT2D eigenvalue weighted by molar-refractivity contribution is -0.145. The molecule has 0 rings (SSSR count). The quantitative estimate of drug-likeness (QED) is 0.0577. The first kappa shape index (κ1) is 41.6. The fourth-order valence-corrected chi connectivity index (χ4v) is 4.32. The topological polar surface area (TPSA) is 92.8 Å². The molecule has 9 heteroatoms. The lowest BCUT2D eigenvalue weighted by Gasteiger charge is -2.24. The highest BCUT2D eigenvalue weighted by Gasteiger charge is 2.19. The van der Waals surface area contributed by atoms with Crippen molar-refractivity contribution < 1.29 is 38.0 Å². The zero-order valence-corrected chi connectivity index (χ0v) is 28.6. The molecule has 256 valence electrons. The third-order valence-electron chi connectivity index (χ3n) is 6.87. The molecule has 0 atom stereocenters. The van der Waals surface area contributed by atoms with Gasteiger partial charge in [0.2, 0.25) is 0 Å². The molecule has 0 radical (unpaired) electrons. The highest BCUT2D eigenvalue weighted by atomic mass is 16.6. The van der Waals surface area contributed by atoms with Crippen molar-refractivity contribution in [3.8, 4) is 0 Å². The summed E-state index contributed by atoms with van der Waals surface area (Å²) in [5.41, 5.74) is -0.506. The van der Waals surface area contributed by atoms with E-state index in [0.717, 1.165) is 12.8 Å². The van der Waals surface area contributed by atoms with Gasteiger partial charge in [0.1, 0.15) is 12.2 Å². The second kappa shape index (κ2) is 30.6. The Balaban J connectivity index is 3.26. The van der Waals surface area contributed by atoms with E-state index < -0.39 is 5.60 Å². The van der Waals surface area contributed by atoms with Gasteiger partial charge in [-0.05, 0) is 27.2 Å². The van der Waals surface area contributed by atoms with Gasteiger partial charge in [0, 0.05) is 20.0 Å². The molecular formula is C34H67NO8. The van der Waals surface area contributed by atoms with Crippen LogP contribution in [-0.4, -0.2) is 95.6 Å². The molecule has 0 N–H and O–H groups in total. The number of rotatable bonds is 31. The highest BCUT2D eigenvalue weighted by Crippen LogP contribution is 2.14. The van der Waals surface area contributed by atoms with Gasteiger partial charge in [-0.25, -0.2) is 4.79 Å². The maximum absolute atomic E-state index is 11.9. The molecule has 43 heavy (non-hydrogen) atoms. The van der Waals surface area contributed by atoms with Crippen LogP contribution in [0.2, 0.25) is 0 Å². The van der Waals surface area contributed by atoms with Crippen LogP contribution in [0.4, 0.5) is 4.79 Å². The number of ether oxygens (including phenoxy) is 6. The zero-order valence-electron chi connectivity index (χ0n) is 28.6. The number of hydrogen-bond acceptors (Lipinski definition) is 8. The van der Waals surface area contributed by atoms with Crippen LogP contribution in [0.5, 0.6) is 0 Å². The van der Waals surface area contributed by atoms with Crippen molar-refractivity contribution in [3.63, 3.8) is 0 Å². The van der Waals surface area contributed by atoms with Crippen LogP contribution in [0.15, 0.2) is 0 Å². The standard InChI is InChI=1S/C34H67NO8/c1-6-7-8-9-10-11-12-13-14-15-16-17-18-19-20-21-32(36)42-31-30-41-29-28-40-27-26-39-25-24-38-23-22-35(5)33(37)43-34(2,3)4/h6-31H2,1-5H3. The Morgan fingerprint density at radius 2 is 0.907 bits per heavy atom. The summed E-state index contributed by atoms with van der Waals surface area (Å²) < 4.78 is 32.4. The van der Waals surface area contributed by atoms with Crippen molar-refractivity contribution in [1.29, 1.82) is 0 Å². The minimum atomic E-state index is -0.506. The Bertz CT molecular complexity index is 626. The van der Waals surface area contributed by atoms with Gasteiger partial charge in [0.05, 0.1) is 52.9 Å². The summed E-state index contributed by atoms with van der Waals surface area (Å²) in [7, 11) is 1.68. The van der Waals surface area contributed by atoms with Gasteiger partial charge >= 0.3 is 12.1 Å². The van der Waals surface area contributed by atoms with Crippen LogP contribution in [0.3, 0.4) is 0 Å². The van der Waals surface area contributed by atoms with Crippen molar-refractivity contribution in [1.82, 2.24) is 4.90 Å². The minimum Gasteiger partial charge on any atom is -0.463 e. The Morgan fingerprint density at radius 1 is 0.535 bits per heavy atom. The molecule has 0 aromatic rings. The number of likely N-dealkylation sites (N-methyl/N-ethyl adjacent to an activating group) is 1. The number of hydrogen-bond donors (Lipinski definition) is 0.